The van der Waals surface area contributed by atoms with Gasteiger partial charge in [0.25, 0.3) is 0 Å². The standard InChI is InChI=1S/C10H12N2O3S/c1-5-4-8(12-10(15)11-5)16-9(6(2)13)7(3)14/h4,9H,1-3H3,(H,11,12,15). The van der Waals surface area contributed by atoms with E-state index in [2.05, 4.69) is 9.97 Å². The molecule has 0 fully saturated rings. The molecule has 0 aliphatic carbocycles. The van der Waals surface area contributed by atoms with Gasteiger partial charge in [0.05, 0.1) is 0 Å². The molecule has 16 heavy (non-hydrogen) atoms. The van der Waals surface area contributed by atoms with Crippen molar-refractivity contribution in [2.24, 2.45) is 0 Å². The molecule has 0 atom stereocenters. The summed E-state index contributed by atoms with van der Waals surface area (Å²) < 4.78 is 0. The minimum absolute atomic E-state index is 0.239. The molecule has 0 aliphatic heterocycles. The van der Waals surface area contributed by atoms with E-state index in [0.29, 0.717) is 10.7 Å². The molecule has 86 valence electrons. The number of thioether (sulfide) groups is 1. The number of H-pyrrole nitrogens is 1. The predicted molar refractivity (Wildman–Crippen MR) is 60.6 cm³/mol. The lowest BCUT2D eigenvalue weighted by molar-refractivity contribution is -0.123. The monoisotopic (exact) mass is 240 g/mol. The fraction of sp³-hybridized carbons (Fsp3) is 0.400. The number of rotatable bonds is 4. The average Bonchev–Trinajstić information content (AvgIpc) is 2.11. The van der Waals surface area contributed by atoms with Crippen LogP contribution in [0.5, 0.6) is 0 Å². The quantitative estimate of drug-likeness (QED) is 0.476. The van der Waals surface area contributed by atoms with Crippen LogP contribution in [-0.4, -0.2) is 26.8 Å². The van der Waals surface area contributed by atoms with Gasteiger partial charge in [-0.3, -0.25) is 9.59 Å². The second-order valence-electron chi connectivity index (χ2n) is 3.43. The molecule has 1 rings (SSSR count). The highest BCUT2D eigenvalue weighted by molar-refractivity contribution is 8.01. The lowest BCUT2D eigenvalue weighted by Crippen LogP contribution is -2.23. The largest absolute Gasteiger partial charge is 0.346 e. The predicted octanol–water partition coefficient (Wildman–Crippen LogP) is 0.717. The van der Waals surface area contributed by atoms with Gasteiger partial charge in [0, 0.05) is 5.69 Å². The van der Waals surface area contributed by atoms with Gasteiger partial charge in [-0.2, -0.15) is 4.98 Å². The lowest BCUT2D eigenvalue weighted by atomic mass is 10.2. The lowest BCUT2D eigenvalue weighted by Gasteiger charge is -2.08. The van der Waals surface area contributed by atoms with Crippen molar-refractivity contribution in [1.82, 2.24) is 9.97 Å². The molecule has 0 aliphatic rings. The first-order chi connectivity index (χ1) is 7.40. The van der Waals surface area contributed by atoms with E-state index in [-0.39, 0.29) is 11.6 Å². The van der Waals surface area contributed by atoms with Crippen LogP contribution in [0.4, 0.5) is 0 Å². The van der Waals surface area contributed by atoms with E-state index in [1.54, 1.807) is 13.0 Å². The molecular weight excluding hydrogens is 228 g/mol. The second kappa shape index (κ2) is 5.07. The summed E-state index contributed by atoms with van der Waals surface area (Å²) >= 11 is 1.00. The Kier molecular flexibility index (Phi) is 4.00. The van der Waals surface area contributed by atoms with Crippen molar-refractivity contribution < 1.29 is 9.59 Å². The molecule has 0 unspecified atom stereocenters. The third-order valence-electron chi connectivity index (χ3n) is 1.83. The van der Waals surface area contributed by atoms with Crippen LogP contribution in [0.1, 0.15) is 19.5 Å². The number of hydrogen-bond acceptors (Lipinski definition) is 5. The number of ketones is 2. The van der Waals surface area contributed by atoms with E-state index in [1.807, 2.05) is 0 Å². The number of aromatic nitrogens is 2. The first kappa shape index (κ1) is 12.6. The molecule has 0 spiro atoms. The molecule has 1 aromatic rings. The molecule has 1 aromatic heterocycles. The summed E-state index contributed by atoms with van der Waals surface area (Å²) in [6, 6.07) is 1.63. The van der Waals surface area contributed by atoms with Gasteiger partial charge in [0.15, 0.2) is 11.6 Å². The van der Waals surface area contributed by atoms with Gasteiger partial charge in [-0.1, -0.05) is 11.8 Å². The van der Waals surface area contributed by atoms with Gasteiger partial charge >= 0.3 is 5.69 Å². The molecule has 0 amide bonds. The number of nitrogens with zero attached hydrogens (tertiary/aromatic N) is 1. The van der Waals surface area contributed by atoms with Crippen LogP contribution >= 0.6 is 11.8 Å². The number of nitrogens with one attached hydrogen (secondary N) is 1. The normalized spacial score (nSPS) is 10.5. The van der Waals surface area contributed by atoms with Gasteiger partial charge in [-0.15, -0.1) is 0 Å². The molecule has 1 N–H and O–H groups in total. The van der Waals surface area contributed by atoms with Crippen molar-refractivity contribution in [3.63, 3.8) is 0 Å². The zero-order valence-corrected chi connectivity index (χ0v) is 10.1. The van der Waals surface area contributed by atoms with E-state index >= 15 is 0 Å². The van der Waals surface area contributed by atoms with E-state index in [1.165, 1.54) is 13.8 Å². The van der Waals surface area contributed by atoms with E-state index < -0.39 is 10.9 Å². The highest BCUT2D eigenvalue weighted by atomic mass is 32.2. The van der Waals surface area contributed by atoms with Crippen LogP contribution < -0.4 is 5.69 Å². The maximum Gasteiger partial charge on any atom is 0.346 e. The third-order valence-corrected chi connectivity index (χ3v) is 3.18. The van der Waals surface area contributed by atoms with Gasteiger partial charge in [0.2, 0.25) is 0 Å². The highest BCUT2D eigenvalue weighted by Crippen LogP contribution is 2.21. The van der Waals surface area contributed by atoms with E-state index in [4.69, 9.17) is 0 Å². The summed E-state index contributed by atoms with van der Waals surface area (Å²) in [4.78, 5) is 39.7. The Morgan fingerprint density at radius 3 is 2.38 bits per heavy atom. The van der Waals surface area contributed by atoms with Crippen molar-refractivity contribution in [3.05, 3.63) is 22.2 Å². The molecule has 0 bridgehead atoms. The molecule has 0 radical (unpaired) electrons. The SMILES string of the molecule is CC(=O)C(Sc1cc(C)[nH]c(=O)n1)C(C)=O. The smallest absolute Gasteiger partial charge is 0.310 e. The average molecular weight is 240 g/mol. The topological polar surface area (TPSA) is 79.9 Å². The Labute approximate surface area is 96.7 Å². The maximum absolute atomic E-state index is 11.2. The summed E-state index contributed by atoms with van der Waals surface area (Å²) in [5, 5.41) is -0.398. The van der Waals surface area contributed by atoms with Gasteiger partial charge in [-0.05, 0) is 26.8 Å². The van der Waals surface area contributed by atoms with Crippen LogP contribution in [0.2, 0.25) is 0 Å². The summed E-state index contributed by atoms with van der Waals surface area (Å²) in [7, 11) is 0. The maximum atomic E-state index is 11.2. The highest BCUT2D eigenvalue weighted by Gasteiger charge is 2.21. The molecule has 0 aromatic carbocycles. The number of hydrogen-bond donors (Lipinski definition) is 1. The molecule has 6 heteroatoms. The number of aryl methyl sites for hydroxylation is 1. The minimum Gasteiger partial charge on any atom is -0.310 e. The van der Waals surface area contributed by atoms with Crippen molar-refractivity contribution in [1.29, 1.82) is 0 Å². The Hall–Kier alpha value is -1.43. The Bertz CT molecular complexity index is 467. The second-order valence-corrected chi connectivity index (χ2v) is 4.55. The summed E-state index contributed by atoms with van der Waals surface area (Å²) in [6.45, 7) is 4.40. The van der Waals surface area contributed by atoms with Crippen LogP contribution in [0.15, 0.2) is 15.9 Å². The number of carbonyl (C=O) groups excluding carboxylic acids is 2. The van der Waals surface area contributed by atoms with Crippen molar-refractivity contribution in [2.75, 3.05) is 0 Å². The van der Waals surface area contributed by atoms with E-state index in [0.717, 1.165) is 11.8 Å². The van der Waals surface area contributed by atoms with Crippen LogP contribution in [0.25, 0.3) is 0 Å². The molecule has 0 saturated heterocycles. The van der Waals surface area contributed by atoms with Crippen LogP contribution in [-0.2, 0) is 9.59 Å². The van der Waals surface area contributed by atoms with Crippen molar-refractivity contribution in [3.8, 4) is 0 Å². The van der Waals surface area contributed by atoms with Crippen molar-refractivity contribution in [2.45, 2.75) is 31.0 Å². The Morgan fingerprint density at radius 1 is 1.38 bits per heavy atom. The Morgan fingerprint density at radius 2 is 1.94 bits per heavy atom. The fourth-order valence-corrected chi connectivity index (χ4v) is 2.14. The number of aromatic amines is 1. The summed E-state index contributed by atoms with van der Waals surface area (Å²) in [5.41, 5.74) is 0.168. The molecule has 5 nitrogen and oxygen atoms in total. The van der Waals surface area contributed by atoms with Crippen LogP contribution in [0.3, 0.4) is 0 Å². The van der Waals surface area contributed by atoms with Crippen LogP contribution in [0, 0.1) is 6.92 Å². The molecular formula is C10H12N2O3S. The first-order valence-corrected chi connectivity index (χ1v) is 5.53. The third kappa shape index (κ3) is 3.30. The molecule has 1 heterocycles. The zero-order valence-electron chi connectivity index (χ0n) is 9.23. The van der Waals surface area contributed by atoms with Gasteiger partial charge in [0.1, 0.15) is 10.3 Å². The summed E-state index contributed by atoms with van der Waals surface area (Å²) in [5.74, 6) is -0.477. The van der Waals surface area contributed by atoms with Crippen molar-refractivity contribution >= 4 is 23.3 Å². The first-order valence-electron chi connectivity index (χ1n) is 4.65. The fourth-order valence-electron chi connectivity index (χ4n) is 1.18. The number of carbonyl (C=O) groups is 2. The number of Topliss-reactive ketones (excluding diaryl/α,β-unsaturated/α-hetero) is 2. The minimum atomic E-state index is -0.784. The Balaban J connectivity index is 2.98. The van der Waals surface area contributed by atoms with Gasteiger partial charge in [-0.25, -0.2) is 4.79 Å². The van der Waals surface area contributed by atoms with Gasteiger partial charge < -0.3 is 4.98 Å². The zero-order chi connectivity index (χ0) is 12.3. The van der Waals surface area contributed by atoms with E-state index in [9.17, 15) is 14.4 Å². The summed E-state index contributed by atoms with van der Waals surface area (Å²) in [6.07, 6.45) is 0. The molecule has 0 saturated carbocycles.